The fourth-order valence-corrected chi connectivity index (χ4v) is 1.97. The second-order valence-electron chi connectivity index (χ2n) is 4.81. The van der Waals surface area contributed by atoms with Crippen molar-refractivity contribution in [2.45, 2.75) is 45.1 Å². The molecule has 1 rings (SSSR count). The number of carbonyl (C=O) groups excluding carboxylic acids is 1. The summed E-state index contributed by atoms with van der Waals surface area (Å²) in [5.41, 5.74) is 6.77. The van der Waals surface area contributed by atoms with Crippen LogP contribution in [0.4, 0.5) is 0 Å². The highest BCUT2D eigenvalue weighted by Gasteiger charge is 2.18. The number of nitrogens with one attached hydrogen (secondary N) is 1. The van der Waals surface area contributed by atoms with E-state index in [1.165, 1.54) is 0 Å². The van der Waals surface area contributed by atoms with Crippen molar-refractivity contribution >= 4 is 18.3 Å². The van der Waals surface area contributed by atoms with Gasteiger partial charge in [0, 0.05) is 12.6 Å². The lowest BCUT2D eigenvalue weighted by molar-refractivity contribution is -0.122. The molecule has 1 aromatic carbocycles. The molecule has 108 valence electrons. The van der Waals surface area contributed by atoms with Gasteiger partial charge < -0.3 is 11.1 Å². The molecule has 0 saturated heterocycles. The predicted octanol–water partition coefficient (Wildman–Crippen LogP) is 2.85. The molecule has 0 bridgehead atoms. The van der Waals surface area contributed by atoms with Crippen molar-refractivity contribution < 1.29 is 4.79 Å². The number of halogens is 1. The van der Waals surface area contributed by atoms with E-state index in [4.69, 9.17) is 5.73 Å². The number of carbonyl (C=O) groups is 1. The molecule has 4 heteroatoms. The van der Waals surface area contributed by atoms with Crippen LogP contribution >= 0.6 is 12.4 Å². The summed E-state index contributed by atoms with van der Waals surface area (Å²) in [7, 11) is 0. The van der Waals surface area contributed by atoms with Gasteiger partial charge in [0.15, 0.2) is 0 Å². The molecule has 0 fully saturated rings. The fraction of sp³-hybridized carbons (Fsp3) is 0.533. The van der Waals surface area contributed by atoms with Crippen molar-refractivity contribution in [1.82, 2.24) is 5.32 Å². The Labute approximate surface area is 122 Å². The Balaban J connectivity index is 0.00000324. The normalized spacial score (nSPS) is 13.2. The largest absolute Gasteiger partial charge is 0.356 e. The molecular formula is C15H25ClN2O. The molecular weight excluding hydrogens is 260 g/mol. The fourth-order valence-electron chi connectivity index (χ4n) is 1.97. The van der Waals surface area contributed by atoms with E-state index in [0.717, 1.165) is 24.8 Å². The van der Waals surface area contributed by atoms with Crippen molar-refractivity contribution in [3.8, 4) is 0 Å². The smallest absolute Gasteiger partial charge is 0.227 e. The molecule has 0 heterocycles. The molecule has 2 unspecified atom stereocenters. The summed E-state index contributed by atoms with van der Waals surface area (Å²) in [4.78, 5) is 12.2. The van der Waals surface area contributed by atoms with Crippen molar-refractivity contribution in [3.63, 3.8) is 0 Å². The van der Waals surface area contributed by atoms with E-state index in [2.05, 4.69) is 12.2 Å². The molecule has 0 aliphatic rings. The summed E-state index contributed by atoms with van der Waals surface area (Å²) in [5, 5.41) is 2.98. The van der Waals surface area contributed by atoms with Crippen LogP contribution in [0, 0.1) is 0 Å². The zero-order chi connectivity index (χ0) is 13.4. The minimum Gasteiger partial charge on any atom is -0.356 e. The first-order valence-electron chi connectivity index (χ1n) is 6.73. The Bertz CT molecular complexity index is 354. The lowest BCUT2D eigenvalue weighted by Crippen LogP contribution is -2.32. The average molecular weight is 285 g/mol. The van der Waals surface area contributed by atoms with Gasteiger partial charge in [0.2, 0.25) is 5.91 Å². The minimum atomic E-state index is -0.0377. The summed E-state index contributed by atoms with van der Waals surface area (Å²) in [6, 6.07) is 10.1. The molecule has 3 N–H and O–H groups in total. The van der Waals surface area contributed by atoms with E-state index >= 15 is 0 Å². The number of nitrogens with two attached hydrogens (primary N) is 1. The van der Waals surface area contributed by atoms with Gasteiger partial charge in [0.1, 0.15) is 0 Å². The molecule has 19 heavy (non-hydrogen) atoms. The maximum atomic E-state index is 12.2. The van der Waals surface area contributed by atoms with Gasteiger partial charge >= 0.3 is 0 Å². The van der Waals surface area contributed by atoms with Crippen molar-refractivity contribution in [2.24, 2.45) is 5.73 Å². The van der Waals surface area contributed by atoms with Crippen molar-refractivity contribution in [2.75, 3.05) is 6.54 Å². The van der Waals surface area contributed by atoms with E-state index in [1.807, 2.05) is 37.3 Å². The van der Waals surface area contributed by atoms with Gasteiger partial charge in [-0.1, -0.05) is 43.7 Å². The van der Waals surface area contributed by atoms with Crippen LogP contribution in [0.2, 0.25) is 0 Å². The van der Waals surface area contributed by atoms with Crippen LogP contribution in [0.1, 0.15) is 44.6 Å². The second kappa shape index (κ2) is 9.82. The third-order valence-corrected chi connectivity index (χ3v) is 2.99. The SMILES string of the molecule is CCCC(C(=O)NCCC(C)N)c1ccccc1.Cl. The van der Waals surface area contributed by atoms with Gasteiger partial charge in [-0.3, -0.25) is 4.79 Å². The molecule has 0 aliphatic carbocycles. The maximum absolute atomic E-state index is 12.2. The molecule has 0 saturated carbocycles. The van der Waals surface area contributed by atoms with Gasteiger partial charge in [-0.2, -0.15) is 0 Å². The van der Waals surface area contributed by atoms with Crippen LogP contribution in [0.5, 0.6) is 0 Å². The molecule has 1 aromatic rings. The van der Waals surface area contributed by atoms with E-state index < -0.39 is 0 Å². The summed E-state index contributed by atoms with van der Waals surface area (Å²) in [6.07, 6.45) is 2.70. The van der Waals surface area contributed by atoms with Gasteiger partial charge in [0.05, 0.1) is 5.92 Å². The lowest BCUT2D eigenvalue weighted by Gasteiger charge is -2.17. The van der Waals surface area contributed by atoms with E-state index in [0.29, 0.717) is 6.54 Å². The van der Waals surface area contributed by atoms with Crippen LogP contribution in [0.25, 0.3) is 0 Å². The number of hydrogen-bond acceptors (Lipinski definition) is 2. The standard InChI is InChI=1S/C15H24N2O.ClH/c1-3-7-14(13-8-5-4-6-9-13)15(18)17-11-10-12(2)16;/h4-6,8-9,12,14H,3,7,10-11,16H2,1-2H3,(H,17,18);1H. The Morgan fingerprint density at radius 3 is 2.42 bits per heavy atom. The highest BCUT2D eigenvalue weighted by atomic mass is 35.5. The van der Waals surface area contributed by atoms with E-state index in [9.17, 15) is 4.79 Å². The average Bonchev–Trinajstić information content (AvgIpc) is 2.36. The zero-order valence-electron chi connectivity index (χ0n) is 11.8. The van der Waals surface area contributed by atoms with Gasteiger partial charge in [-0.25, -0.2) is 0 Å². The second-order valence-corrected chi connectivity index (χ2v) is 4.81. The van der Waals surface area contributed by atoms with Crippen LogP contribution < -0.4 is 11.1 Å². The number of hydrogen-bond donors (Lipinski definition) is 2. The first-order valence-corrected chi connectivity index (χ1v) is 6.73. The molecule has 2 atom stereocenters. The Kier molecular flexibility index (Phi) is 9.27. The first-order chi connectivity index (χ1) is 8.65. The molecule has 0 aromatic heterocycles. The Morgan fingerprint density at radius 1 is 1.26 bits per heavy atom. The van der Waals surface area contributed by atoms with Crippen molar-refractivity contribution in [1.29, 1.82) is 0 Å². The monoisotopic (exact) mass is 284 g/mol. The van der Waals surface area contributed by atoms with Crippen LogP contribution in [0.3, 0.4) is 0 Å². The highest BCUT2D eigenvalue weighted by Crippen LogP contribution is 2.21. The molecule has 0 spiro atoms. The lowest BCUT2D eigenvalue weighted by atomic mass is 9.93. The van der Waals surface area contributed by atoms with Crippen LogP contribution in [-0.2, 0) is 4.79 Å². The molecule has 1 amide bonds. The molecule has 3 nitrogen and oxygen atoms in total. The van der Waals surface area contributed by atoms with Gasteiger partial charge in [-0.15, -0.1) is 12.4 Å². The quantitative estimate of drug-likeness (QED) is 0.809. The summed E-state index contributed by atoms with van der Waals surface area (Å²) in [6.45, 7) is 4.71. The van der Waals surface area contributed by atoms with E-state index in [1.54, 1.807) is 0 Å². The zero-order valence-corrected chi connectivity index (χ0v) is 12.6. The van der Waals surface area contributed by atoms with E-state index in [-0.39, 0.29) is 30.3 Å². The minimum absolute atomic E-state index is 0. The predicted molar refractivity (Wildman–Crippen MR) is 82.6 cm³/mol. The Morgan fingerprint density at radius 2 is 1.89 bits per heavy atom. The maximum Gasteiger partial charge on any atom is 0.227 e. The highest BCUT2D eigenvalue weighted by molar-refractivity contribution is 5.85. The number of benzene rings is 1. The molecule has 0 aliphatic heterocycles. The Hall–Kier alpha value is -1.06. The van der Waals surface area contributed by atoms with Crippen LogP contribution in [0.15, 0.2) is 30.3 Å². The molecule has 0 radical (unpaired) electrons. The third kappa shape index (κ3) is 6.60. The van der Waals surface area contributed by atoms with Crippen LogP contribution in [-0.4, -0.2) is 18.5 Å². The number of rotatable bonds is 7. The first kappa shape index (κ1) is 17.9. The topological polar surface area (TPSA) is 55.1 Å². The van der Waals surface area contributed by atoms with Crippen molar-refractivity contribution in [3.05, 3.63) is 35.9 Å². The van der Waals surface area contributed by atoms with Gasteiger partial charge in [-0.05, 0) is 25.3 Å². The number of amides is 1. The summed E-state index contributed by atoms with van der Waals surface area (Å²) in [5.74, 6) is 0.0768. The van der Waals surface area contributed by atoms with Gasteiger partial charge in [0.25, 0.3) is 0 Å². The summed E-state index contributed by atoms with van der Waals surface area (Å²) < 4.78 is 0. The summed E-state index contributed by atoms with van der Waals surface area (Å²) >= 11 is 0. The third-order valence-electron chi connectivity index (χ3n) is 2.99.